The number of hydrogen-bond donors (Lipinski definition) is 1. The number of piperazine rings is 1. The number of nitrogens with zero attached hydrogens (tertiary/aromatic N) is 2. The van der Waals surface area contributed by atoms with E-state index in [0.717, 1.165) is 0 Å². The van der Waals surface area contributed by atoms with Gasteiger partial charge in [-0.3, -0.25) is 9.78 Å². The smallest absolute Gasteiger partial charge is 0.244 e. The molecule has 1 unspecified atom stereocenters. The third kappa shape index (κ3) is 3.00. The zero-order valence-corrected chi connectivity index (χ0v) is 16.0. The minimum Gasteiger partial charge on any atom is -0.494 e. The first-order valence-electron chi connectivity index (χ1n) is 8.80. The van der Waals surface area contributed by atoms with Crippen LogP contribution in [-0.2, 0) is 14.8 Å². The second-order valence-electron chi connectivity index (χ2n) is 6.39. The Balaban J connectivity index is 1.88. The van der Waals surface area contributed by atoms with E-state index in [-0.39, 0.29) is 23.9 Å². The predicted octanol–water partition coefficient (Wildman–Crippen LogP) is 2.11. The molecule has 1 fully saturated rings. The monoisotopic (exact) mass is 397 g/mol. The highest BCUT2D eigenvalue weighted by molar-refractivity contribution is 7.89. The highest BCUT2D eigenvalue weighted by atomic mass is 32.2. The Hall–Kier alpha value is -2.97. The van der Waals surface area contributed by atoms with Crippen molar-refractivity contribution in [2.24, 2.45) is 0 Å². The maximum atomic E-state index is 13.6. The number of pyridine rings is 1. The molecule has 8 heteroatoms. The largest absolute Gasteiger partial charge is 0.494 e. The Labute approximate surface area is 163 Å². The average molecular weight is 397 g/mol. The summed E-state index contributed by atoms with van der Waals surface area (Å²) in [7, 11) is -2.45. The van der Waals surface area contributed by atoms with Crippen LogP contribution >= 0.6 is 0 Å². The van der Waals surface area contributed by atoms with Gasteiger partial charge >= 0.3 is 0 Å². The Morgan fingerprint density at radius 3 is 2.64 bits per heavy atom. The Morgan fingerprint density at radius 1 is 1.11 bits per heavy atom. The van der Waals surface area contributed by atoms with Gasteiger partial charge in [0.25, 0.3) is 0 Å². The Morgan fingerprint density at radius 2 is 1.89 bits per heavy atom. The number of ether oxygens (including phenoxy) is 1. The lowest BCUT2D eigenvalue weighted by atomic mass is 10.1. The number of carbonyl (C=O) groups is 1. The number of carbonyl (C=O) groups excluding carboxylic acids is 1. The van der Waals surface area contributed by atoms with Crippen molar-refractivity contribution in [2.75, 3.05) is 20.2 Å². The number of aromatic nitrogens is 1. The fourth-order valence-electron chi connectivity index (χ4n) is 3.49. The van der Waals surface area contributed by atoms with Gasteiger partial charge in [-0.05, 0) is 29.8 Å². The van der Waals surface area contributed by atoms with E-state index in [0.29, 0.717) is 22.2 Å². The lowest BCUT2D eigenvalue weighted by Gasteiger charge is -2.34. The second-order valence-corrected chi connectivity index (χ2v) is 8.24. The number of amides is 1. The summed E-state index contributed by atoms with van der Waals surface area (Å²) >= 11 is 0. The van der Waals surface area contributed by atoms with E-state index < -0.39 is 16.1 Å². The van der Waals surface area contributed by atoms with Gasteiger partial charge in [-0.15, -0.1) is 0 Å². The van der Waals surface area contributed by atoms with Crippen molar-refractivity contribution >= 4 is 26.8 Å². The first-order valence-corrected chi connectivity index (χ1v) is 10.2. The average Bonchev–Trinajstić information content (AvgIpc) is 2.73. The molecule has 1 aliphatic rings. The summed E-state index contributed by atoms with van der Waals surface area (Å²) in [6.07, 6.45) is 1.59. The molecule has 0 bridgehead atoms. The van der Waals surface area contributed by atoms with Crippen molar-refractivity contribution in [3.05, 3.63) is 66.4 Å². The van der Waals surface area contributed by atoms with Gasteiger partial charge in [-0.1, -0.05) is 30.3 Å². The van der Waals surface area contributed by atoms with E-state index in [1.807, 2.05) is 6.07 Å². The van der Waals surface area contributed by atoms with Crippen LogP contribution in [0, 0.1) is 0 Å². The van der Waals surface area contributed by atoms with E-state index in [2.05, 4.69) is 10.3 Å². The zero-order chi connectivity index (χ0) is 19.7. The van der Waals surface area contributed by atoms with E-state index >= 15 is 0 Å². The number of rotatable bonds is 4. The summed E-state index contributed by atoms with van der Waals surface area (Å²) in [6, 6.07) is 14.5. The third-order valence-electron chi connectivity index (χ3n) is 4.78. The number of benzene rings is 2. The van der Waals surface area contributed by atoms with E-state index in [1.54, 1.807) is 48.7 Å². The summed E-state index contributed by atoms with van der Waals surface area (Å²) < 4.78 is 33.8. The third-order valence-corrected chi connectivity index (χ3v) is 6.70. The molecule has 0 radical (unpaired) electrons. The standard InChI is InChI=1S/C20H19N3O4S/c1-27-16-9-10-17(15-8-5-11-21-18(15)16)28(25,26)23-13-12-22-20(24)19(23)14-6-3-2-4-7-14/h2-11,19H,12-13H2,1H3,(H,22,24). The van der Waals surface area contributed by atoms with Crippen LogP contribution in [0.2, 0.25) is 0 Å². The highest BCUT2D eigenvalue weighted by Gasteiger charge is 2.40. The number of hydrogen-bond acceptors (Lipinski definition) is 5. The SMILES string of the molecule is COc1ccc(S(=O)(=O)N2CCNC(=O)C2c2ccccc2)c2cccnc12. The van der Waals surface area contributed by atoms with Gasteiger partial charge < -0.3 is 10.1 Å². The van der Waals surface area contributed by atoms with E-state index in [1.165, 1.54) is 17.5 Å². The van der Waals surface area contributed by atoms with Crippen molar-refractivity contribution in [3.63, 3.8) is 0 Å². The van der Waals surface area contributed by atoms with Crippen LogP contribution in [0.15, 0.2) is 65.7 Å². The van der Waals surface area contributed by atoms with Crippen LogP contribution in [0.4, 0.5) is 0 Å². The summed E-state index contributed by atoms with van der Waals surface area (Å²) in [5.41, 5.74) is 1.09. The predicted molar refractivity (Wildman–Crippen MR) is 104 cm³/mol. The summed E-state index contributed by atoms with van der Waals surface area (Å²) in [6.45, 7) is 0.440. The molecule has 0 saturated carbocycles. The normalized spacial score (nSPS) is 18.0. The van der Waals surface area contributed by atoms with Crippen LogP contribution in [0.1, 0.15) is 11.6 Å². The van der Waals surface area contributed by atoms with Gasteiger partial charge in [-0.25, -0.2) is 8.42 Å². The molecule has 0 aliphatic carbocycles. The van der Waals surface area contributed by atoms with Crippen LogP contribution < -0.4 is 10.1 Å². The van der Waals surface area contributed by atoms with Crippen LogP contribution in [0.25, 0.3) is 10.9 Å². The first-order chi connectivity index (χ1) is 13.5. The molecule has 1 N–H and O–H groups in total. The van der Waals surface area contributed by atoms with Gasteiger partial charge in [-0.2, -0.15) is 4.31 Å². The lowest BCUT2D eigenvalue weighted by Crippen LogP contribution is -2.52. The maximum absolute atomic E-state index is 13.6. The fraction of sp³-hybridized carbons (Fsp3) is 0.200. The summed E-state index contributed by atoms with van der Waals surface area (Å²) in [5.74, 6) is 0.155. The van der Waals surface area contributed by atoms with Crippen molar-refractivity contribution in [3.8, 4) is 5.75 Å². The molecular weight excluding hydrogens is 378 g/mol. The van der Waals surface area contributed by atoms with Crippen LogP contribution in [0.5, 0.6) is 5.75 Å². The molecule has 3 aromatic rings. The van der Waals surface area contributed by atoms with Crippen molar-refractivity contribution in [1.82, 2.24) is 14.6 Å². The lowest BCUT2D eigenvalue weighted by molar-refractivity contribution is -0.126. The fourth-order valence-corrected chi connectivity index (χ4v) is 5.26. The van der Waals surface area contributed by atoms with Gasteiger partial charge in [0.2, 0.25) is 15.9 Å². The molecule has 7 nitrogen and oxygen atoms in total. The van der Waals surface area contributed by atoms with Crippen molar-refractivity contribution in [2.45, 2.75) is 10.9 Å². The molecule has 2 heterocycles. The second kappa shape index (κ2) is 7.21. The van der Waals surface area contributed by atoms with Gasteiger partial charge in [0.15, 0.2) is 0 Å². The molecule has 144 valence electrons. The topological polar surface area (TPSA) is 88.6 Å². The number of fused-ring (bicyclic) bond motifs is 1. The van der Waals surface area contributed by atoms with Gasteiger partial charge in [0.05, 0.1) is 12.0 Å². The van der Waals surface area contributed by atoms with Crippen molar-refractivity contribution in [1.29, 1.82) is 0 Å². The zero-order valence-electron chi connectivity index (χ0n) is 15.2. The van der Waals surface area contributed by atoms with E-state index in [4.69, 9.17) is 4.74 Å². The molecule has 1 atom stereocenters. The molecule has 1 amide bonds. The summed E-state index contributed by atoms with van der Waals surface area (Å²) in [5, 5.41) is 3.22. The molecule has 0 spiro atoms. The minimum atomic E-state index is -3.97. The summed E-state index contributed by atoms with van der Waals surface area (Å²) in [4.78, 5) is 17.0. The highest BCUT2D eigenvalue weighted by Crippen LogP contribution is 2.35. The molecule has 1 aliphatic heterocycles. The molecule has 4 rings (SSSR count). The van der Waals surface area contributed by atoms with Gasteiger partial charge in [0, 0.05) is 24.7 Å². The molecule has 1 aromatic heterocycles. The number of nitrogens with one attached hydrogen (secondary N) is 1. The van der Waals surface area contributed by atoms with Crippen LogP contribution in [-0.4, -0.2) is 43.8 Å². The number of sulfonamides is 1. The molecule has 28 heavy (non-hydrogen) atoms. The molecular formula is C20H19N3O4S. The number of methoxy groups -OCH3 is 1. The van der Waals surface area contributed by atoms with Crippen LogP contribution in [0.3, 0.4) is 0 Å². The van der Waals surface area contributed by atoms with Gasteiger partial charge in [0.1, 0.15) is 17.3 Å². The Kier molecular flexibility index (Phi) is 4.74. The Bertz CT molecular complexity index is 1130. The maximum Gasteiger partial charge on any atom is 0.244 e. The first kappa shape index (κ1) is 18.4. The molecule has 1 saturated heterocycles. The molecule has 2 aromatic carbocycles. The van der Waals surface area contributed by atoms with E-state index in [9.17, 15) is 13.2 Å². The van der Waals surface area contributed by atoms with Crippen molar-refractivity contribution < 1.29 is 17.9 Å². The quantitative estimate of drug-likeness (QED) is 0.728. The minimum absolute atomic E-state index is 0.104.